The molecule has 1 aliphatic heterocycles. The van der Waals surface area contributed by atoms with Gasteiger partial charge >= 0.3 is 0 Å². The van der Waals surface area contributed by atoms with E-state index in [1.165, 1.54) is 7.05 Å². The Labute approximate surface area is 144 Å². The highest BCUT2D eigenvalue weighted by Gasteiger charge is 2.34. The average molecular weight is 357 g/mol. The van der Waals surface area contributed by atoms with Gasteiger partial charge in [-0.3, -0.25) is 4.79 Å². The van der Waals surface area contributed by atoms with E-state index in [2.05, 4.69) is 0 Å². The molecular weight excluding hydrogens is 334 g/mol. The van der Waals surface area contributed by atoms with Crippen LogP contribution >= 0.6 is 0 Å². The average Bonchev–Trinajstić information content (AvgIpc) is 2.64. The number of aliphatic hydroxyl groups is 5. The fourth-order valence-electron chi connectivity index (χ4n) is 2.43. The van der Waals surface area contributed by atoms with Crippen LogP contribution in [-0.2, 0) is 4.79 Å². The third-order valence-corrected chi connectivity index (χ3v) is 3.95. The van der Waals surface area contributed by atoms with Gasteiger partial charge in [0.05, 0.1) is 6.61 Å². The van der Waals surface area contributed by atoms with Crippen LogP contribution in [0.2, 0.25) is 0 Å². The topological polar surface area (TPSA) is 140 Å². The lowest BCUT2D eigenvalue weighted by atomic mass is 10.0. The SMILES string of the molecule is CN(CC(O)C(O)C(O)C(O)CO)C(=O)C1COc2ccccc2O1. The molecule has 1 heterocycles. The summed E-state index contributed by atoms with van der Waals surface area (Å²) in [4.78, 5) is 13.5. The van der Waals surface area contributed by atoms with Crippen LogP contribution < -0.4 is 9.47 Å². The Bertz CT molecular complexity index is 583. The summed E-state index contributed by atoms with van der Waals surface area (Å²) in [6, 6.07) is 6.90. The lowest BCUT2D eigenvalue weighted by Crippen LogP contribution is -2.52. The van der Waals surface area contributed by atoms with E-state index in [1.54, 1.807) is 24.3 Å². The molecule has 9 nitrogen and oxygen atoms in total. The van der Waals surface area contributed by atoms with E-state index in [9.17, 15) is 25.2 Å². The minimum Gasteiger partial charge on any atom is -0.485 e. The van der Waals surface area contributed by atoms with E-state index >= 15 is 0 Å². The van der Waals surface area contributed by atoms with Crippen molar-refractivity contribution in [2.75, 3.05) is 26.8 Å². The van der Waals surface area contributed by atoms with E-state index < -0.39 is 43.0 Å². The van der Waals surface area contributed by atoms with E-state index in [0.29, 0.717) is 11.5 Å². The Hall–Kier alpha value is -1.91. The van der Waals surface area contributed by atoms with Crippen molar-refractivity contribution in [1.29, 1.82) is 0 Å². The number of carbonyl (C=O) groups is 1. The van der Waals surface area contributed by atoms with Gasteiger partial charge in [-0.15, -0.1) is 0 Å². The van der Waals surface area contributed by atoms with Crippen LogP contribution in [0.5, 0.6) is 11.5 Å². The van der Waals surface area contributed by atoms with Crippen LogP contribution in [0.4, 0.5) is 0 Å². The van der Waals surface area contributed by atoms with Crippen LogP contribution in [0.15, 0.2) is 24.3 Å². The second kappa shape index (κ2) is 8.45. The number of hydrogen-bond donors (Lipinski definition) is 5. The zero-order chi connectivity index (χ0) is 18.6. The Morgan fingerprint density at radius 1 is 1.16 bits per heavy atom. The van der Waals surface area contributed by atoms with Gasteiger partial charge < -0.3 is 39.9 Å². The molecular formula is C16H23NO8. The highest BCUT2D eigenvalue weighted by molar-refractivity contribution is 5.81. The van der Waals surface area contributed by atoms with E-state index in [1.807, 2.05) is 0 Å². The predicted molar refractivity (Wildman–Crippen MR) is 85.1 cm³/mol. The molecule has 140 valence electrons. The molecule has 1 aliphatic rings. The maximum Gasteiger partial charge on any atom is 0.267 e. The molecule has 0 radical (unpaired) electrons. The summed E-state index contributed by atoms with van der Waals surface area (Å²) >= 11 is 0. The Morgan fingerprint density at radius 3 is 2.40 bits per heavy atom. The molecule has 1 aromatic carbocycles. The monoisotopic (exact) mass is 357 g/mol. The van der Waals surface area contributed by atoms with Crippen LogP contribution in [0.25, 0.3) is 0 Å². The highest BCUT2D eigenvalue weighted by atomic mass is 16.6. The first kappa shape index (κ1) is 19.4. The van der Waals surface area contributed by atoms with Crippen molar-refractivity contribution in [3.05, 3.63) is 24.3 Å². The van der Waals surface area contributed by atoms with Crippen molar-refractivity contribution in [2.24, 2.45) is 0 Å². The lowest BCUT2D eigenvalue weighted by molar-refractivity contribution is -0.146. The number of para-hydroxylation sites is 2. The van der Waals surface area contributed by atoms with Gasteiger partial charge in [-0.2, -0.15) is 0 Å². The second-order valence-electron chi connectivity index (χ2n) is 5.88. The number of likely N-dealkylation sites (N-methyl/N-ethyl adjacent to an activating group) is 1. The molecule has 0 bridgehead atoms. The molecule has 1 aromatic rings. The maximum absolute atomic E-state index is 12.4. The number of benzene rings is 1. The highest BCUT2D eigenvalue weighted by Crippen LogP contribution is 2.31. The van der Waals surface area contributed by atoms with Crippen molar-refractivity contribution < 1.29 is 39.8 Å². The molecule has 0 saturated heterocycles. The quantitative estimate of drug-likeness (QED) is 0.368. The summed E-state index contributed by atoms with van der Waals surface area (Å²) in [6.07, 6.45) is -7.51. The normalized spacial score (nSPS) is 21.1. The van der Waals surface area contributed by atoms with Gasteiger partial charge in [0.2, 0.25) is 6.10 Å². The van der Waals surface area contributed by atoms with Crippen molar-refractivity contribution in [1.82, 2.24) is 4.90 Å². The maximum atomic E-state index is 12.4. The number of hydrogen-bond acceptors (Lipinski definition) is 8. The number of amides is 1. The van der Waals surface area contributed by atoms with Crippen molar-refractivity contribution in [2.45, 2.75) is 30.5 Å². The van der Waals surface area contributed by atoms with Crippen LogP contribution in [0.3, 0.4) is 0 Å². The van der Waals surface area contributed by atoms with Crippen molar-refractivity contribution in [3.8, 4) is 11.5 Å². The van der Waals surface area contributed by atoms with Crippen LogP contribution in [0.1, 0.15) is 0 Å². The van der Waals surface area contributed by atoms with E-state index in [0.717, 1.165) is 4.90 Å². The molecule has 0 saturated carbocycles. The fourth-order valence-corrected chi connectivity index (χ4v) is 2.43. The van der Waals surface area contributed by atoms with Gasteiger partial charge in [-0.25, -0.2) is 0 Å². The summed E-state index contributed by atoms with van der Waals surface area (Å²) in [5, 5.41) is 47.4. The zero-order valence-electron chi connectivity index (χ0n) is 13.7. The van der Waals surface area contributed by atoms with Gasteiger partial charge in [0.15, 0.2) is 11.5 Å². The Balaban J connectivity index is 1.92. The first-order valence-electron chi connectivity index (χ1n) is 7.81. The Morgan fingerprint density at radius 2 is 1.76 bits per heavy atom. The number of aliphatic hydroxyl groups excluding tert-OH is 5. The van der Waals surface area contributed by atoms with E-state index in [4.69, 9.17) is 14.6 Å². The Kier molecular flexibility index (Phi) is 6.57. The molecule has 0 fully saturated rings. The van der Waals surface area contributed by atoms with Gasteiger partial charge in [-0.1, -0.05) is 12.1 Å². The molecule has 5 N–H and O–H groups in total. The summed E-state index contributed by atoms with van der Waals surface area (Å²) in [5.41, 5.74) is 0. The number of fused-ring (bicyclic) bond motifs is 1. The summed E-state index contributed by atoms with van der Waals surface area (Å²) in [7, 11) is 1.40. The zero-order valence-corrected chi connectivity index (χ0v) is 13.7. The number of carbonyl (C=O) groups excluding carboxylic acids is 1. The second-order valence-corrected chi connectivity index (χ2v) is 5.88. The van der Waals surface area contributed by atoms with Gasteiger partial charge in [-0.05, 0) is 12.1 Å². The molecule has 2 rings (SSSR count). The molecule has 25 heavy (non-hydrogen) atoms. The third-order valence-electron chi connectivity index (χ3n) is 3.95. The first-order chi connectivity index (χ1) is 11.8. The molecule has 5 unspecified atom stereocenters. The summed E-state index contributed by atoms with van der Waals surface area (Å²) < 4.78 is 11.0. The number of nitrogens with zero attached hydrogens (tertiary/aromatic N) is 1. The third kappa shape index (κ3) is 4.59. The van der Waals surface area contributed by atoms with Crippen LogP contribution in [0, 0.1) is 0 Å². The summed E-state index contributed by atoms with van der Waals surface area (Å²) in [6.45, 7) is -1.08. The number of rotatable bonds is 7. The molecule has 5 atom stereocenters. The summed E-state index contributed by atoms with van der Waals surface area (Å²) in [5.74, 6) is 0.492. The largest absolute Gasteiger partial charge is 0.485 e. The molecule has 0 aromatic heterocycles. The van der Waals surface area contributed by atoms with Gasteiger partial charge in [0, 0.05) is 13.6 Å². The number of ether oxygens (including phenoxy) is 2. The molecule has 0 aliphatic carbocycles. The lowest BCUT2D eigenvalue weighted by Gasteiger charge is -2.31. The van der Waals surface area contributed by atoms with E-state index in [-0.39, 0.29) is 13.2 Å². The van der Waals surface area contributed by atoms with Gasteiger partial charge in [0.1, 0.15) is 31.0 Å². The standard InChI is InChI=1S/C16H23NO8/c1-17(6-9(19)14(21)15(22)10(20)7-18)16(23)13-8-24-11-4-2-3-5-12(11)25-13/h2-5,9-10,13-15,18-22H,6-8H2,1H3. The molecule has 9 heteroatoms. The molecule has 0 spiro atoms. The minimum atomic E-state index is -1.75. The minimum absolute atomic E-state index is 0.00465. The van der Waals surface area contributed by atoms with Crippen molar-refractivity contribution >= 4 is 5.91 Å². The van der Waals surface area contributed by atoms with Crippen LogP contribution in [-0.4, -0.2) is 93.7 Å². The smallest absolute Gasteiger partial charge is 0.267 e. The molecule has 1 amide bonds. The first-order valence-corrected chi connectivity index (χ1v) is 7.81. The van der Waals surface area contributed by atoms with Crippen molar-refractivity contribution in [3.63, 3.8) is 0 Å². The predicted octanol–water partition coefficient (Wildman–Crippen LogP) is -2.28. The van der Waals surface area contributed by atoms with Gasteiger partial charge in [0.25, 0.3) is 5.91 Å². The fraction of sp³-hybridized carbons (Fsp3) is 0.562.